The second-order valence-electron chi connectivity index (χ2n) is 7.19. The number of hydrogen-bond acceptors (Lipinski definition) is 11. The number of thioether (sulfide) groups is 1. The SMILES string of the molecule is CCOC(=O)OCSCC1=C(C(=O)OCC)C(c2cccc([N+](=O)[O-])c2)C(C(=O)OCC)C(C)=N1. The van der Waals surface area contributed by atoms with Gasteiger partial charge >= 0.3 is 18.1 Å². The van der Waals surface area contributed by atoms with E-state index in [0.29, 0.717) is 17.0 Å². The van der Waals surface area contributed by atoms with Crippen molar-refractivity contribution in [2.24, 2.45) is 10.9 Å². The lowest BCUT2D eigenvalue weighted by molar-refractivity contribution is -0.384. The average Bonchev–Trinajstić information content (AvgIpc) is 2.81. The van der Waals surface area contributed by atoms with Crippen LogP contribution in [-0.2, 0) is 28.5 Å². The molecule has 0 aromatic heterocycles. The van der Waals surface area contributed by atoms with Crippen molar-refractivity contribution in [3.63, 3.8) is 0 Å². The summed E-state index contributed by atoms with van der Waals surface area (Å²) in [6.45, 7) is 6.93. The third-order valence-corrected chi connectivity index (χ3v) is 5.72. The van der Waals surface area contributed by atoms with E-state index in [2.05, 4.69) is 4.99 Å². The van der Waals surface area contributed by atoms with E-state index in [-0.39, 0.29) is 42.8 Å². The van der Waals surface area contributed by atoms with E-state index >= 15 is 0 Å². The molecule has 11 nitrogen and oxygen atoms in total. The van der Waals surface area contributed by atoms with Crippen LogP contribution in [0.25, 0.3) is 0 Å². The van der Waals surface area contributed by atoms with E-state index in [9.17, 15) is 24.5 Å². The second-order valence-corrected chi connectivity index (χ2v) is 8.12. The van der Waals surface area contributed by atoms with Gasteiger partial charge in [0.25, 0.3) is 5.69 Å². The molecular weight excluding hydrogens is 480 g/mol. The Morgan fingerprint density at radius 2 is 1.74 bits per heavy atom. The van der Waals surface area contributed by atoms with Crippen LogP contribution in [0.4, 0.5) is 10.5 Å². The van der Waals surface area contributed by atoms with Crippen molar-refractivity contribution < 1.29 is 38.3 Å². The third-order valence-electron chi connectivity index (χ3n) is 4.95. The highest BCUT2D eigenvalue weighted by molar-refractivity contribution is 7.99. The Balaban J connectivity index is 2.55. The van der Waals surface area contributed by atoms with Crippen LogP contribution in [0.15, 0.2) is 40.5 Å². The zero-order valence-electron chi connectivity index (χ0n) is 20.0. The first kappa shape index (κ1) is 27.8. The Bertz CT molecular complexity index is 1020. The number of ether oxygens (including phenoxy) is 4. The normalized spacial score (nSPS) is 17.3. The Morgan fingerprint density at radius 1 is 1.06 bits per heavy atom. The maximum atomic E-state index is 13.1. The van der Waals surface area contributed by atoms with Crippen LogP contribution in [0.1, 0.15) is 39.2 Å². The number of carbonyl (C=O) groups excluding carboxylic acids is 3. The van der Waals surface area contributed by atoms with Gasteiger partial charge in [-0.1, -0.05) is 12.1 Å². The molecule has 0 saturated carbocycles. The summed E-state index contributed by atoms with van der Waals surface area (Å²) < 4.78 is 20.2. The highest BCUT2D eigenvalue weighted by Crippen LogP contribution is 2.41. The molecule has 12 heteroatoms. The lowest BCUT2D eigenvalue weighted by atomic mass is 9.75. The molecule has 1 aliphatic rings. The minimum atomic E-state index is -0.985. The first-order valence-corrected chi connectivity index (χ1v) is 12.1. The number of benzene rings is 1. The standard InChI is InChI=1S/C23H28N2O9S/c1-5-31-21(26)18-14(4)24-17(12-35-13-34-23(28)33-7-3)20(22(27)32-6-2)19(18)15-9-8-10-16(11-15)25(29)30/h8-11,18-19H,5-7,12-13H2,1-4H3. The van der Waals surface area contributed by atoms with E-state index in [1.54, 1.807) is 33.8 Å². The smallest absolute Gasteiger partial charge is 0.465 e. The van der Waals surface area contributed by atoms with E-state index in [1.165, 1.54) is 18.2 Å². The number of nitro benzene ring substituents is 1. The lowest BCUT2D eigenvalue weighted by Crippen LogP contribution is -2.37. The van der Waals surface area contributed by atoms with Gasteiger partial charge in [0.1, 0.15) is 11.9 Å². The first-order valence-electron chi connectivity index (χ1n) is 11.0. The predicted molar refractivity (Wildman–Crippen MR) is 128 cm³/mol. The number of nitro groups is 1. The molecule has 0 saturated heterocycles. The number of hydrogen-bond donors (Lipinski definition) is 0. The van der Waals surface area contributed by atoms with Crippen molar-refractivity contribution in [2.45, 2.75) is 33.6 Å². The number of non-ortho nitro benzene ring substituents is 1. The van der Waals surface area contributed by atoms with Crippen LogP contribution in [-0.4, -0.2) is 60.2 Å². The van der Waals surface area contributed by atoms with Crippen LogP contribution in [0.5, 0.6) is 0 Å². The molecule has 1 aromatic carbocycles. The summed E-state index contributed by atoms with van der Waals surface area (Å²) in [7, 11) is 0. The van der Waals surface area contributed by atoms with Gasteiger partial charge in [-0.15, -0.1) is 11.8 Å². The molecule has 0 aliphatic carbocycles. The highest BCUT2D eigenvalue weighted by Gasteiger charge is 2.43. The van der Waals surface area contributed by atoms with E-state index in [1.807, 2.05) is 0 Å². The van der Waals surface area contributed by atoms with Gasteiger partial charge in [0.05, 0.1) is 36.0 Å². The van der Waals surface area contributed by atoms with Crippen LogP contribution in [0.2, 0.25) is 0 Å². The molecule has 190 valence electrons. The molecule has 0 radical (unpaired) electrons. The largest absolute Gasteiger partial charge is 0.509 e. The van der Waals surface area contributed by atoms with Gasteiger partial charge in [-0.25, -0.2) is 9.59 Å². The summed E-state index contributed by atoms with van der Waals surface area (Å²) in [6, 6.07) is 5.74. The van der Waals surface area contributed by atoms with Crippen molar-refractivity contribution in [3.05, 3.63) is 51.2 Å². The molecule has 0 bridgehead atoms. The molecular formula is C23H28N2O9S. The predicted octanol–water partition coefficient (Wildman–Crippen LogP) is 4.01. The molecule has 2 rings (SSSR count). The van der Waals surface area contributed by atoms with E-state index in [4.69, 9.17) is 18.9 Å². The van der Waals surface area contributed by atoms with Crippen LogP contribution >= 0.6 is 11.8 Å². The molecule has 1 heterocycles. The molecule has 2 unspecified atom stereocenters. The highest BCUT2D eigenvalue weighted by atomic mass is 32.2. The fourth-order valence-corrected chi connectivity index (χ4v) is 4.29. The number of esters is 2. The maximum absolute atomic E-state index is 13.1. The summed E-state index contributed by atoms with van der Waals surface area (Å²) >= 11 is 1.16. The fraction of sp³-hybridized carbons (Fsp3) is 0.478. The number of rotatable bonds is 11. The van der Waals surface area contributed by atoms with Crippen molar-refractivity contribution in [3.8, 4) is 0 Å². The Hall–Kier alpha value is -3.41. The zero-order valence-corrected chi connectivity index (χ0v) is 20.8. The molecule has 0 amide bonds. The minimum absolute atomic E-state index is 0.0597. The maximum Gasteiger partial charge on any atom is 0.509 e. The number of aliphatic imine (C=N–C) groups is 1. The summed E-state index contributed by atoms with van der Waals surface area (Å²) in [6.07, 6.45) is -0.820. The molecule has 0 fully saturated rings. The molecule has 1 aromatic rings. The van der Waals surface area contributed by atoms with Gasteiger partial charge in [-0.3, -0.25) is 19.9 Å². The molecule has 0 spiro atoms. The van der Waals surface area contributed by atoms with Gasteiger partial charge in [0.15, 0.2) is 0 Å². The van der Waals surface area contributed by atoms with Crippen LogP contribution < -0.4 is 0 Å². The minimum Gasteiger partial charge on any atom is -0.465 e. The van der Waals surface area contributed by atoms with Crippen molar-refractivity contribution in [2.75, 3.05) is 31.5 Å². The summed E-state index contributed by atoms with van der Waals surface area (Å²) in [5.41, 5.74) is 0.983. The topological polar surface area (TPSA) is 144 Å². The molecule has 2 atom stereocenters. The Labute approximate surface area is 207 Å². The van der Waals surface area contributed by atoms with E-state index < -0.39 is 34.9 Å². The number of nitrogens with zero attached hydrogens (tertiary/aromatic N) is 2. The number of carbonyl (C=O) groups is 3. The Morgan fingerprint density at radius 3 is 2.37 bits per heavy atom. The monoisotopic (exact) mass is 508 g/mol. The van der Waals surface area contributed by atoms with Gasteiger partial charge < -0.3 is 18.9 Å². The fourth-order valence-electron chi connectivity index (χ4n) is 3.61. The van der Waals surface area contributed by atoms with E-state index in [0.717, 1.165) is 11.8 Å². The lowest BCUT2D eigenvalue weighted by Gasteiger charge is -2.32. The second kappa shape index (κ2) is 13.5. The molecule has 1 aliphatic heterocycles. The van der Waals surface area contributed by atoms with Gasteiger partial charge in [-0.2, -0.15) is 0 Å². The third kappa shape index (κ3) is 7.28. The summed E-state index contributed by atoms with van der Waals surface area (Å²) in [5, 5.41) is 11.4. The Kier molecular flexibility index (Phi) is 10.7. The first-order chi connectivity index (χ1) is 16.7. The van der Waals surface area contributed by atoms with Crippen LogP contribution in [0.3, 0.4) is 0 Å². The quantitative estimate of drug-likeness (QED) is 0.107. The van der Waals surface area contributed by atoms with Gasteiger partial charge in [0, 0.05) is 29.5 Å². The van der Waals surface area contributed by atoms with Crippen molar-refractivity contribution in [1.29, 1.82) is 0 Å². The van der Waals surface area contributed by atoms with Gasteiger partial charge in [-0.05, 0) is 33.3 Å². The van der Waals surface area contributed by atoms with Crippen molar-refractivity contribution in [1.82, 2.24) is 0 Å². The van der Waals surface area contributed by atoms with Crippen molar-refractivity contribution >= 4 is 41.3 Å². The average molecular weight is 509 g/mol. The van der Waals surface area contributed by atoms with Crippen LogP contribution in [0, 0.1) is 16.0 Å². The summed E-state index contributed by atoms with van der Waals surface area (Å²) in [5.74, 6) is -3.13. The summed E-state index contributed by atoms with van der Waals surface area (Å²) in [4.78, 5) is 52.9. The van der Waals surface area contributed by atoms with Gasteiger partial charge in [0.2, 0.25) is 0 Å². The molecule has 0 N–H and O–H groups in total. The zero-order chi connectivity index (χ0) is 26.0. The molecule has 35 heavy (non-hydrogen) atoms.